The van der Waals surface area contributed by atoms with Crippen molar-refractivity contribution < 1.29 is 9.84 Å². The lowest BCUT2D eigenvalue weighted by Gasteiger charge is -2.17. The minimum atomic E-state index is -0.0413. The summed E-state index contributed by atoms with van der Waals surface area (Å²) in [6, 6.07) is 17.9. The Morgan fingerprint density at radius 2 is 1.82 bits per heavy atom. The quantitative estimate of drug-likeness (QED) is 0.823. The first-order valence-corrected chi connectivity index (χ1v) is 7.43. The van der Waals surface area contributed by atoms with Gasteiger partial charge in [-0.2, -0.15) is 0 Å². The summed E-state index contributed by atoms with van der Waals surface area (Å²) in [5, 5.41) is 12.9. The number of hydrogen-bond donors (Lipinski definition) is 2. The second-order valence-corrected chi connectivity index (χ2v) is 5.29. The van der Waals surface area contributed by atoms with E-state index in [1.54, 1.807) is 7.11 Å². The van der Waals surface area contributed by atoms with Crippen LogP contribution in [0.25, 0.3) is 6.08 Å². The Morgan fingerprint density at radius 1 is 1.14 bits per heavy atom. The van der Waals surface area contributed by atoms with Crippen molar-refractivity contribution in [2.24, 2.45) is 0 Å². The van der Waals surface area contributed by atoms with E-state index in [1.807, 2.05) is 54.6 Å². The first-order chi connectivity index (χ1) is 10.7. The predicted octanol–water partition coefficient (Wildman–Crippen LogP) is 3.42. The second kappa shape index (κ2) is 8.37. The van der Waals surface area contributed by atoms with Crippen LogP contribution in [0.1, 0.15) is 24.1 Å². The maximum Gasteiger partial charge on any atom is 0.118 e. The fourth-order valence-electron chi connectivity index (χ4n) is 2.29. The highest BCUT2D eigenvalue weighted by Gasteiger charge is 2.08. The largest absolute Gasteiger partial charge is 0.497 e. The molecule has 0 saturated carbocycles. The van der Waals surface area contributed by atoms with Crippen LogP contribution >= 0.6 is 0 Å². The van der Waals surface area contributed by atoms with E-state index in [2.05, 4.69) is 18.3 Å². The van der Waals surface area contributed by atoms with Crippen molar-refractivity contribution in [3.63, 3.8) is 0 Å². The van der Waals surface area contributed by atoms with Gasteiger partial charge in [0.2, 0.25) is 0 Å². The number of nitrogens with one attached hydrogen (secondary N) is 1. The molecule has 0 bridgehead atoms. The Morgan fingerprint density at radius 3 is 2.41 bits per heavy atom. The lowest BCUT2D eigenvalue weighted by Crippen LogP contribution is -2.25. The molecular weight excluding hydrogens is 274 g/mol. The molecule has 0 radical (unpaired) electrons. The van der Waals surface area contributed by atoms with Crippen molar-refractivity contribution >= 4 is 6.08 Å². The van der Waals surface area contributed by atoms with Crippen LogP contribution in [0.4, 0.5) is 0 Å². The highest BCUT2D eigenvalue weighted by molar-refractivity contribution is 5.53. The Labute approximate surface area is 132 Å². The average molecular weight is 297 g/mol. The molecule has 0 aromatic heterocycles. The fraction of sp³-hybridized carbons (Fsp3) is 0.263. The van der Waals surface area contributed by atoms with Crippen LogP contribution < -0.4 is 10.1 Å². The maximum atomic E-state index is 9.54. The third-order valence-electron chi connectivity index (χ3n) is 3.54. The standard InChI is InChI=1S/C19H23NO2/c1-15(12-16-8-10-18(22-2)11-9-16)13-20-19(14-21)17-6-4-3-5-7-17/h3-12,19-21H,13-14H2,1-2H3/b15-12-. The topological polar surface area (TPSA) is 41.5 Å². The third-order valence-corrected chi connectivity index (χ3v) is 3.54. The zero-order valence-electron chi connectivity index (χ0n) is 13.1. The number of rotatable bonds is 7. The number of benzene rings is 2. The Hall–Kier alpha value is -2.10. The molecule has 116 valence electrons. The van der Waals surface area contributed by atoms with E-state index in [9.17, 15) is 5.11 Å². The molecule has 0 saturated heterocycles. The molecule has 1 unspecified atom stereocenters. The Balaban J connectivity index is 1.95. The zero-order valence-corrected chi connectivity index (χ0v) is 13.1. The molecule has 3 nitrogen and oxygen atoms in total. The smallest absolute Gasteiger partial charge is 0.118 e. The van der Waals surface area contributed by atoms with Gasteiger partial charge in [-0.15, -0.1) is 0 Å². The molecule has 0 heterocycles. The molecule has 3 heteroatoms. The summed E-state index contributed by atoms with van der Waals surface area (Å²) in [5.41, 5.74) is 3.45. The van der Waals surface area contributed by atoms with E-state index in [0.29, 0.717) is 0 Å². The summed E-state index contributed by atoms with van der Waals surface area (Å²) in [7, 11) is 1.67. The van der Waals surface area contributed by atoms with E-state index in [1.165, 1.54) is 5.57 Å². The molecule has 22 heavy (non-hydrogen) atoms. The molecule has 2 N–H and O–H groups in total. The van der Waals surface area contributed by atoms with Gasteiger partial charge < -0.3 is 15.2 Å². The van der Waals surface area contributed by atoms with Gasteiger partial charge in [-0.1, -0.05) is 54.1 Å². The van der Waals surface area contributed by atoms with Crippen LogP contribution in [0, 0.1) is 0 Å². The van der Waals surface area contributed by atoms with Crippen molar-refractivity contribution in [3.05, 3.63) is 71.3 Å². The molecular formula is C19H23NO2. The van der Waals surface area contributed by atoms with Crippen molar-refractivity contribution in [1.82, 2.24) is 5.32 Å². The number of methoxy groups -OCH3 is 1. The normalized spacial score (nSPS) is 13.0. The Kier molecular flexibility index (Phi) is 6.19. The Bertz CT molecular complexity index is 591. The summed E-state index contributed by atoms with van der Waals surface area (Å²) in [6.07, 6.45) is 2.13. The lowest BCUT2D eigenvalue weighted by molar-refractivity contribution is 0.247. The van der Waals surface area contributed by atoms with Crippen molar-refractivity contribution in [2.45, 2.75) is 13.0 Å². The van der Waals surface area contributed by atoms with Crippen molar-refractivity contribution in [3.8, 4) is 5.75 Å². The molecule has 0 aliphatic rings. The molecule has 0 amide bonds. The molecule has 2 aromatic rings. The van der Waals surface area contributed by atoms with E-state index in [-0.39, 0.29) is 12.6 Å². The van der Waals surface area contributed by atoms with Gasteiger partial charge in [0.25, 0.3) is 0 Å². The molecule has 0 fully saturated rings. The van der Waals surface area contributed by atoms with Gasteiger partial charge in [0.05, 0.1) is 19.8 Å². The van der Waals surface area contributed by atoms with Crippen LogP contribution in [-0.2, 0) is 0 Å². The highest BCUT2D eigenvalue weighted by Crippen LogP contribution is 2.15. The number of aliphatic hydroxyl groups excluding tert-OH is 1. The van der Waals surface area contributed by atoms with Gasteiger partial charge >= 0.3 is 0 Å². The number of aliphatic hydroxyl groups is 1. The van der Waals surface area contributed by atoms with Gasteiger partial charge in [-0.25, -0.2) is 0 Å². The first-order valence-electron chi connectivity index (χ1n) is 7.43. The van der Waals surface area contributed by atoms with E-state index >= 15 is 0 Å². The summed E-state index contributed by atoms with van der Waals surface area (Å²) >= 11 is 0. The molecule has 0 aliphatic heterocycles. The molecule has 0 spiro atoms. The zero-order chi connectivity index (χ0) is 15.8. The van der Waals surface area contributed by atoms with E-state index < -0.39 is 0 Å². The van der Waals surface area contributed by atoms with Crippen LogP contribution in [0.2, 0.25) is 0 Å². The minimum Gasteiger partial charge on any atom is -0.497 e. The molecule has 0 aliphatic carbocycles. The molecule has 1 atom stereocenters. The molecule has 2 rings (SSSR count). The van der Waals surface area contributed by atoms with Gasteiger partial charge in [-0.05, 0) is 30.2 Å². The fourth-order valence-corrected chi connectivity index (χ4v) is 2.29. The lowest BCUT2D eigenvalue weighted by atomic mass is 10.1. The maximum absolute atomic E-state index is 9.54. The highest BCUT2D eigenvalue weighted by atomic mass is 16.5. The van der Waals surface area contributed by atoms with Gasteiger partial charge in [0.1, 0.15) is 5.75 Å². The summed E-state index contributed by atoms with van der Waals surface area (Å²) < 4.78 is 5.16. The van der Waals surface area contributed by atoms with E-state index in [4.69, 9.17) is 4.74 Å². The van der Waals surface area contributed by atoms with Crippen LogP contribution in [0.3, 0.4) is 0 Å². The first kappa shape index (κ1) is 16.3. The molecule has 2 aromatic carbocycles. The van der Waals surface area contributed by atoms with E-state index in [0.717, 1.165) is 23.4 Å². The monoisotopic (exact) mass is 297 g/mol. The van der Waals surface area contributed by atoms with Gasteiger partial charge in [0.15, 0.2) is 0 Å². The van der Waals surface area contributed by atoms with Crippen molar-refractivity contribution in [1.29, 1.82) is 0 Å². The predicted molar refractivity (Wildman–Crippen MR) is 90.9 cm³/mol. The second-order valence-electron chi connectivity index (χ2n) is 5.29. The summed E-state index contributed by atoms with van der Waals surface area (Å²) in [6.45, 7) is 2.89. The van der Waals surface area contributed by atoms with Crippen LogP contribution in [0.15, 0.2) is 60.2 Å². The number of hydrogen-bond acceptors (Lipinski definition) is 3. The minimum absolute atomic E-state index is 0.0413. The summed E-state index contributed by atoms with van der Waals surface area (Å²) in [5.74, 6) is 0.859. The van der Waals surface area contributed by atoms with Crippen LogP contribution in [-0.4, -0.2) is 25.4 Å². The van der Waals surface area contributed by atoms with Gasteiger partial charge in [-0.3, -0.25) is 0 Å². The SMILES string of the molecule is COc1ccc(/C=C(/C)CNC(CO)c2ccccc2)cc1. The number of ether oxygens (including phenoxy) is 1. The van der Waals surface area contributed by atoms with Gasteiger partial charge in [0, 0.05) is 6.54 Å². The van der Waals surface area contributed by atoms with Crippen molar-refractivity contribution in [2.75, 3.05) is 20.3 Å². The van der Waals surface area contributed by atoms with Crippen LogP contribution in [0.5, 0.6) is 5.75 Å². The third kappa shape index (κ3) is 4.72. The summed E-state index contributed by atoms with van der Waals surface area (Å²) in [4.78, 5) is 0. The average Bonchev–Trinajstić information content (AvgIpc) is 2.57.